The van der Waals surface area contributed by atoms with Crippen molar-refractivity contribution in [2.45, 2.75) is 0 Å². The van der Waals surface area contributed by atoms with Crippen LogP contribution in [0.1, 0.15) is 0 Å². The van der Waals surface area contributed by atoms with Crippen molar-refractivity contribution in [3.63, 3.8) is 0 Å². The molecule has 0 atom stereocenters. The molecular formula is C47H30N4. The molecule has 0 bridgehead atoms. The van der Waals surface area contributed by atoms with Crippen molar-refractivity contribution in [3.8, 4) is 51.0 Å². The molecular weight excluding hydrogens is 621 g/mol. The SMILES string of the molecule is c1ccc(-c2ccc(-c3nc(-c4ccc5ccccc5c4)nc(-c4cccc5ccccc45)n3)cc2-n2c3ccccc3c3ccccc32)cc1. The van der Waals surface area contributed by atoms with Crippen molar-refractivity contribution >= 4 is 43.4 Å². The Hall–Kier alpha value is -6.91. The number of aromatic nitrogens is 4. The Morgan fingerprint density at radius 2 is 0.863 bits per heavy atom. The summed E-state index contributed by atoms with van der Waals surface area (Å²) in [5.41, 5.74) is 8.47. The van der Waals surface area contributed by atoms with Crippen molar-refractivity contribution in [2.24, 2.45) is 0 Å². The maximum absolute atomic E-state index is 5.23. The fourth-order valence-corrected chi connectivity index (χ4v) is 7.40. The predicted octanol–water partition coefficient (Wildman–Crippen LogP) is 11.9. The van der Waals surface area contributed by atoms with Crippen LogP contribution in [-0.4, -0.2) is 19.5 Å². The van der Waals surface area contributed by atoms with Gasteiger partial charge >= 0.3 is 0 Å². The average molecular weight is 651 g/mol. The number of nitrogens with zero attached hydrogens (tertiary/aromatic N) is 4. The third kappa shape index (κ3) is 4.96. The smallest absolute Gasteiger partial charge is 0.164 e. The molecule has 10 rings (SSSR count). The van der Waals surface area contributed by atoms with Gasteiger partial charge < -0.3 is 4.57 Å². The first-order valence-corrected chi connectivity index (χ1v) is 17.2. The van der Waals surface area contributed by atoms with Crippen molar-refractivity contribution in [1.82, 2.24) is 19.5 Å². The molecule has 0 spiro atoms. The zero-order chi connectivity index (χ0) is 33.7. The molecule has 51 heavy (non-hydrogen) atoms. The Morgan fingerprint density at radius 3 is 1.61 bits per heavy atom. The molecule has 10 aromatic rings. The minimum Gasteiger partial charge on any atom is -0.309 e. The number of hydrogen-bond donors (Lipinski definition) is 0. The van der Waals surface area contributed by atoms with E-state index in [2.05, 4.69) is 187 Å². The molecule has 0 radical (unpaired) electrons. The van der Waals surface area contributed by atoms with E-state index in [1.165, 1.54) is 16.2 Å². The Labute approximate surface area is 295 Å². The lowest BCUT2D eigenvalue weighted by Gasteiger charge is -2.16. The molecule has 0 aliphatic carbocycles. The summed E-state index contributed by atoms with van der Waals surface area (Å²) in [6.07, 6.45) is 0. The zero-order valence-electron chi connectivity index (χ0n) is 27.6. The molecule has 0 aliphatic rings. The van der Waals surface area contributed by atoms with Gasteiger partial charge in [0.2, 0.25) is 0 Å². The molecule has 0 fully saturated rings. The molecule has 0 amide bonds. The van der Waals surface area contributed by atoms with Gasteiger partial charge in [-0.05, 0) is 51.4 Å². The van der Waals surface area contributed by atoms with Crippen LogP contribution in [0.25, 0.3) is 94.3 Å². The highest BCUT2D eigenvalue weighted by molar-refractivity contribution is 6.10. The third-order valence-corrected chi connectivity index (χ3v) is 9.84. The quantitative estimate of drug-likeness (QED) is 0.186. The summed E-state index contributed by atoms with van der Waals surface area (Å²) >= 11 is 0. The van der Waals surface area contributed by atoms with Gasteiger partial charge in [-0.3, -0.25) is 0 Å². The van der Waals surface area contributed by atoms with Crippen molar-refractivity contribution in [2.75, 3.05) is 0 Å². The van der Waals surface area contributed by atoms with Gasteiger partial charge in [0.25, 0.3) is 0 Å². The third-order valence-electron chi connectivity index (χ3n) is 9.84. The molecule has 4 nitrogen and oxygen atoms in total. The molecule has 2 aromatic heterocycles. The van der Waals surface area contributed by atoms with Gasteiger partial charge in [-0.2, -0.15) is 0 Å². The normalized spacial score (nSPS) is 11.5. The first-order valence-electron chi connectivity index (χ1n) is 17.2. The summed E-state index contributed by atoms with van der Waals surface area (Å²) < 4.78 is 2.38. The standard InChI is InChI=1S/C47H30N4/c1-2-14-33(15-3-1)38-28-27-36(30-44(38)51-42-23-10-8-20-39(42)40-21-9-11-24-43(40)51)46-48-45(35-26-25-31-13-4-5-17-34(31)29-35)49-47(50-46)41-22-12-18-32-16-6-7-19-37(32)41/h1-30H. The van der Waals surface area contributed by atoms with Crippen LogP contribution in [0.4, 0.5) is 0 Å². The van der Waals surface area contributed by atoms with Crippen molar-refractivity contribution in [3.05, 3.63) is 182 Å². The summed E-state index contributed by atoms with van der Waals surface area (Å²) in [7, 11) is 0. The average Bonchev–Trinajstić information content (AvgIpc) is 3.54. The minimum atomic E-state index is 0.623. The summed E-state index contributed by atoms with van der Waals surface area (Å²) in [6, 6.07) is 64.0. The number of benzene rings is 8. The van der Waals surface area contributed by atoms with Crippen LogP contribution >= 0.6 is 0 Å². The van der Waals surface area contributed by atoms with E-state index in [4.69, 9.17) is 15.0 Å². The topological polar surface area (TPSA) is 43.6 Å². The van der Waals surface area contributed by atoms with Gasteiger partial charge in [-0.1, -0.05) is 158 Å². The molecule has 0 saturated carbocycles. The van der Waals surface area contributed by atoms with Crippen LogP contribution in [0.5, 0.6) is 0 Å². The summed E-state index contributed by atoms with van der Waals surface area (Å²) in [4.78, 5) is 15.6. The van der Waals surface area contributed by atoms with Crippen LogP contribution in [0, 0.1) is 0 Å². The van der Waals surface area contributed by atoms with Crippen molar-refractivity contribution < 1.29 is 0 Å². The number of hydrogen-bond acceptors (Lipinski definition) is 3. The number of fused-ring (bicyclic) bond motifs is 5. The van der Waals surface area contributed by atoms with E-state index in [1.54, 1.807) is 0 Å². The van der Waals surface area contributed by atoms with Crippen LogP contribution in [0.15, 0.2) is 182 Å². The molecule has 0 aliphatic heterocycles. The second-order valence-corrected chi connectivity index (χ2v) is 12.9. The molecule has 238 valence electrons. The van der Waals surface area contributed by atoms with Crippen LogP contribution < -0.4 is 0 Å². The highest BCUT2D eigenvalue weighted by Gasteiger charge is 2.19. The molecule has 0 saturated heterocycles. The highest BCUT2D eigenvalue weighted by Crippen LogP contribution is 2.38. The van der Waals surface area contributed by atoms with Crippen LogP contribution in [-0.2, 0) is 0 Å². The molecule has 8 aromatic carbocycles. The predicted molar refractivity (Wildman–Crippen MR) is 211 cm³/mol. The zero-order valence-corrected chi connectivity index (χ0v) is 27.6. The summed E-state index contributed by atoms with van der Waals surface area (Å²) in [5.74, 6) is 1.91. The van der Waals surface area contributed by atoms with Gasteiger partial charge in [-0.25, -0.2) is 15.0 Å². The lowest BCUT2D eigenvalue weighted by atomic mass is 10.00. The number of rotatable bonds is 5. The highest BCUT2D eigenvalue weighted by atomic mass is 15.0. The maximum Gasteiger partial charge on any atom is 0.164 e. The summed E-state index contributed by atoms with van der Waals surface area (Å²) in [6.45, 7) is 0. The van der Waals surface area contributed by atoms with Gasteiger partial charge in [0.05, 0.1) is 16.7 Å². The van der Waals surface area contributed by atoms with E-state index in [0.717, 1.165) is 60.7 Å². The molecule has 2 heterocycles. The minimum absolute atomic E-state index is 0.623. The summed E-state index contributed by atoms with van der Waals surface area (Å²) in [5, 5.41) is 7.00. The lowest BCUT2D eigenvalue weighted by Crippen LogP contribution is -2.02. The van der Waals surface area contributed by atoms with Crippen molar-refractivity contribution in [1.29, 1.82) is 0 Å². The fraction of sp³-hybridized carbons (Fsp3) is 0. The first-order chi connectivity index (χ1) is 25.3. The first kappa shape index (κ1) is 29.0. The lowest BCUT2D eigenvalue weighted by molar-refractivity contribution is 1.07. The van der Waals surface area contributed by atoms with E-state index in [1.807, 2.05) is 0 Å². The van der Waals surface area contributed by atoms with Crippen LogP contribution in [0.2, 0.25) is 0 Å². The largest absolute Gasteiger partial charge is 0.309 e. The van der Waals surface area contributed by atoms with E-state index in [0.29, 0.717) is 17.5 Å². The Bertz CT molecular complexity index is 2870. The van der Waals surface area contributed by atoms with Gasteiger partial charge in [0.1, 0.15) is 0 Å². The molecule has 4 heteroatoms. The number of para-hydroxylation sites is 2. The Morgan fingerprint density at radius 1 is 0.314 bits per heavy atom. The van der Waals surface area contributed by atoms with Gasteiger partial charge in [0.15, 0.2) is 17.5 Å². The second-order valence-electron chi connectivity index (χ2n) is 12.9. The van der Waals surface area contributed by atoms with E-state index in [-0.39, 0.29) is 0 Å². The molecule has 0 N–H and O–H groups in total. The maximum atomic E-state index is 5.23. The molecule has 0 unspecified atom stereocenters. The van der Waals surface area contributed by atoms with E-state index >= 15 is 0 Å². The second kappa shape index (κ2) is 11.9. The Kier molecular flexibility index (Phi) is 6.78. The Balaban J connectivity index is 1.25. The van der Waals surface area contributed by atoms with Gasteiger partial charge in [-0.15, -0.1) is 0 Å². The van der Waals surface area contributed by atoms with E-state index in [9.17, 15) is 0 Å². The fourth-order valence-electron chi connectivity index (χ4n) is 7.40. The monoisotopic (exact) mass is 650 g/mol. The van der Waals surface area contributed by atoms with Gasteiger partial charge in [0, 0.05) is 33.0 Å². The van der Waals surface area contributed by atoms with Crippen LogP contribution in [0.3, 0.4) is 0 Å². The van der Waals surface area contributed by atoms with E-state index < -0.39 is 0 Å².